The Morgan fingerprint density at radius 3 is 2.35 bits per heavy atom. The standard InChI is InChI=1S/C16H15ClO5S/c1-21-13-6-3-11(4-7-13)10-22-16(18)12-5-8-14(17)15(9-12)23(2,19)20/h3-9H,10H2,1-2H3. The number of rotatable bonds is 5. The molecular formula is C16H15ClO5S. The average Bonchev–Trinajstić information content (AvgIpc) is 2.52. The van der Waals surface area contributed by atoms with E-state index >= 15 is 0 Å². The maximum atomic E-state index is 12.0. The van der Waals surface area contributed by atoms with E-state index in [4.69, 9.17) is 21.1 Å². The van der Waals surface area contributed by atoms with Crippen LogP contribution in [-0.4, -0.2) is 27.8 Å². The molecule has 0 N–H and O–H groups in total. The molecule has 23 heavy (non-hydrogen) atoms. The molecule has 0 unspecified atom stereocenters. The van der Waals surface area contributed by atoms with Crippen LogP contribution in [0.4, 0.5) is 0 Å². The number of halogens is 1. The fraction of sp³-hybridized carbons (Fsp3) is 0.188. The number of hydrogen-bond acceptors (Lipinski definition) is 5. The highest BCUT2D eigenvalue weighted by Gasteiger charge is 2.16. The molecule has 0 bridgehead atoms. The van der Waals surface area contributed by atoms with E-state index in [1.54, 1.807) is 31.4 Å². The normalized spacial score (nSPS) is 11.1. The van der Waals surface area contributed by atoms with Crippen LogP contribution >= 0.6 is 11.6 Å². The third-order valence-electron chi connectivity index (χ3n) is 3.10. The third kappa shape index (κ3) is 4.46. The number of sulfone groups is 1. The van der Waals surface area contributed by atoms with Crippen molar-refractivity contribution in [1.29, 1.82) is 0 Å². The lowest BCUT2D eigenvalue weighted by Crippen LogP contribution is -2.07. The molecule has 2 aromatic rings. The van der Waals surface area contributed by atoms with Gasteiger partial charge in [-0.2, -0.15) is 0 Å². The minimum Gasteiger partial charge on any atom is -0.497 e. The molecule has 0 heterocycles. The summed E-state index contributed by atoms with van der Waals surface area (Å²) in [6.07, 6.45) is 1.03. The Hall–Kier alpha value is -2.05. The minimum absolute atomic E-state index is 0.0687. The summed E-state index contributed by atoms with van der Waals surface area (Å²) in [6.45, 7) is 0.0691. The third-order valence-corrected chi connectivity index (χ3v) is 4.67. The van der Waals surface area contributed by atoms with Crippen molar-refractivity contribution in [1.82, 2.24) is 0 Å². The number of esters is 1. The van der Waals surface area contributed by atoms with E-state index < -0.39 is 15.8 Å². The second kappa shape index (κ2) is 7.02. The van der Waals surface area contributed by atoms with Gasteiger partial charge in [0.1, 0.15) is 12.4 Å². The molecule has 0 saturated heterocycles. The molecule has 122 valence electrons. The van der Waals surface area contributed by atoms with Crippen LogP contribution < -0.4 is 4.74 Å². The fourth-order valence-electron chi connectivity index (χ4n) is 1.87. The number of carbonyl (C=O) groups is 1. The first kappa shape index (κ1) is 17.3. The Bertz CT molecular complexity index is 813. The molecule has 2 aromatic carbocycles. The Morgan fingerprint density at radius 1 is 1.13 bits per heavy atom. The molecule has 0 aliphatic heterocycles. The van der Waals surface area contributed by atoms with Gasteiger partial charge in [-0.3, -0.25) is 0 Å². The van der Waals surface area contributed by atoms with Crippen LogP contribution in [0.15, 0.2) is 47.4 Å². The summed E-state index contributed by atoms with van der Waals surface area (Å²) in [5.41, 5.74) is 0.916. The summed E-state index contributed by atoms with van der Waals surface area (Å²) in [7, 11) is -1.95. The number of hydrogen-bond donors (Lipinski definition) is 0. The van der Waals surface area contributed by atoms with Gasteiger partial charge in [-0.25, -0.2) is 13.2 Å². The zero-order chi connectivity index (χ0) is 17.0. The van der Waals surface area contributed by atoms with Crippen LogP contribution in [0, 0.1) is 0 Å². The monoisotopic (exact) mass is 354 g/mol. The lowest BCUT2D eigenvalue weighted by molar-refractivity contribution is 0.0472. The molecule has 0 amide bonds. The average molecular weight is 355 g/mol. The SMILES string of the molecule is COc1ccc(COC(=O)c2ccc(Cl)c(S(C)(=O)=O)c2)cc1. The van der Waals surface area contributed by atoms with Crippen molar-refractivity contribution in [3.63, 3.8) is 0 Å². The lowest BCUT2D eigenvalue weighted by atomic mass is 10.2. The summed E-state index contributed by atoms with van der Waals surface area (Å²) in [5.74, 6) is 0.0814. The molecular weight excluding hydrogens is 340 g/mol. The highest BCUT2D eigenvalue weighted by molar-refractivity contribution is 7.90. The fourth-order valence-corrected chi connectivity index (χ4v) is 3.17. The van der Waals surface area contributed by atoms with Crippen molar-refractivity contribution in [3.05, 3.63) is 58.6 Å². The lowest BCUT2D eigenvalue weighted by Gasteiger charge is -2.08. The van der Waals surface area contributed by atoms with Crippen molar-refractivity contribution in [2.45, 2.75) is 11.5 Å². The second-order valence-electron chi connectivity index (χ2n) is 4.84. The van der Waals surface area contributed by atoms with Gasteiger partial charge >= 0.3 is 5.97 Å². The summed E-state index contributed by atoms with van der Waals surface area (Å²) < 4.78 is 33.5. The van der Waals surface area contributed by atoms with Gasteiger partial charge in [0.05, 0.1) is 22.6 Å². The molecule has 0 saturated carbocycles. The van der Waals surface area contributed by atoms with E-state index in [1.807, 2.05) is 0 Å². The molecule has 7 heteroatoms. The van der Waals surface area contributed by atoms with Crippen molar-refractivity contribution < 1.29 is 22.7 Å². The van der Waals surface area contributed by atoms with Crippen LogP contribution in [0.25, 0.3) is 0 Å². The van der Waals surface area contributed by atoms with Gasteiger partial charge in [0.25, 0.3) is 0 Å². The van der Waals surface area contributed by atoms with E-state index in [2.05, 4.69) is 0 Å². The summed E-state index contributed by atoms with van der Waals surface area (Å²) in [4.78, 5) is 11.9. The molecule has 5 nitrogen and oxygen atoms in total. The van der Waals surface area contributed by atoms with E-state index in [9.17, 15) is 13.2 Å². The second-order valence-corrected chi connectivity index (χ2v) is 7.23. The predicted octanol–water partition coefficient (Wildman–Crippen LogP) is 3.11. The van der Waals surface area contributed by atoms with Crippen LogP contribution in [0.3, 0.4) is 0 Å². The Morgan fingerprint density at radius 2 is 1.78 bits per heavy atom. The van der Waals surface area contributed by atoms with E-state index in [1.165, 1.54) is 18.2 Å². The van der Waals surface area contributed by atoms with Gasteiger partial charge in [-0.1, -0.05) is 23.7 Å². The van der Waals surface area contributed by atoms with Crippen LogP contribution in [0.1, 0.15) is 15.9 Å². The van der Waals surface area contributed by atoms with Gasteiger partial charge in [-0.05, 0) is 35.9 Å². The first-order chi connectivity index (χ1) is 10.8. The maximum Gasteiger partial charge on any atom is 0.338 e. The van der Waals surface area contributed by atoms with E-state index in [0.29, 0.717) is 5.75 Å². The topological polar surface area (TPSA) is 69.7 Å². The molecule has 0 radical (unpaired) electrons. The molecule has 0 aliphatic carbocycles. The van der Waals surface area contributed by atoms with Crippen molar-refractivity contribution in [2.24, 2.45) is 0 Å². The van der Waals surface area contributed by atoms with Gasteiger partial charge in [0.15, 0.2) is 9.84 Å². The summed E-state index contributed by atoms with van der Waals surface area (Å²) in [6, 6.07) is 11.1. The number of ether oxygens (including phenoxy) is 2. The predicted molar refractivity (Wildman–Crippen MR) is 86.7 cm³/mol. The van der Waals surface area contributed by atoms with E-state index in [0.717, 1.165) is 11.8 Å². The van der Waals surface area contributed by atoms with Crippen LogP contribution in [0.2, 0.25) is 5.02 Å². The zero-order valence-corrected chi connectivity index (χ0v) is 14.1. The van der Waals surface area contributed by atoms with Crippen LogP contribution in [-0.2, 0) is 21.2 Å². The zero-order valence-electron chi connectivity index (χ0n) is 12.6. The highest BCUT2D eigenvalue weighted by Crippen LogP contribution is 2.23. The molecule has 0 fully saturated rings. The van der Waals surface area contributed by atoms with Crippen molar-refractivity contribution in [2.75, 3.05) is 13.4 Å². The number of benzene rings is 2. The highest BCUT2D eigenvalue weighted by atomic mass is 35.5. The molecule has 0 aromatic heterocycles. The maximum absolute atomic E-state index is 12.0. The van der Waals surface area contributed by atoms with Crippen molar-refractivity contribution >= 4 is 27.4 Å². The number of methoxy groups -OCH3 is 1. The first-order valence-electron chi connectivity index (χ1n) is 6.61. The van der Waals surface area contributed by atoms with Gasteiger partial charge < -0.3 is 9.47 Å². The summed E-state index contributed by atoms with van der Waals surface area (Å²) in [5, 5.41) is 0.0687. The minimum atomic E-state index is -3.52. The van der Waals surface area contributed by atoms with Gasteiger partial charge in [0, 0.05) is 6.26 Å². The number of carbonyl (C=O) groups excluding carboxylic acids is 1. The molecule has 0 spiro atoms. The smallest absolute Gasteiger partial charge is 0.338 e. The molecule has 0 aliphatic rings. The van der Waals surface area contributed by atoms with E-state index in [-0.39, 0.29) is 22.1 Å². The van der Waals surface area contributed by atoms with Gasteiger partial charge in [0.2, 0.25) is 0 Å². The molecule has 0 atom stereocenters. The van der Waals surface area contributed by atoms with Crippen LogP contribution in [0.5, 0.6) is 5.75 Å². The molecule has 2 rings (SSSR count). The summed E-state index contributed by atoms with van der Waals surface area (Å²) >= 11 is 5.84. The van der Waals surface area contributed by atoms with Crippen molar-refractivity contribution in [3.8, 4) is 5.75 Å². The quantitative estimate of drug-likeness (QED) is 0.771. The Balaban J connectivity index is 2.11. The first-order valence-corrected chi connectivity index (χ1v) is 8.88. The Kier molecular flexibility index (Phi) is 5.28. The van der Waals surface area contributed by atoms with Gasteiger partial charge in [-0.15, -0.1) is 0 Å². The Labute approximate surface area is 139 Å². The largest absolute Gasteiger partial charge is 0.497 e.